The van der Waals surface area contributed by atoms with Crippen LogP contribution < -0.4 is 5.32 Å². The highest BCUT2D eigenvalue weighted by Gasteiger charge is 2.34. The molecule has 0 aromatic heterocycles. The minimum atomic E-state index is -0.497. The molecule has 0 bridgehead atoms. The Labute approximate surface area is 111 Å². The number of alkyl carbamates (subject to hydrolysis) is 1. The van der Waals surface area contributed by atoms with Gasteiger partial charge < -0.3 is 15.0 Å². The minimum absolute atomic E-state index is 0.0192. The molecule has 0 radical (unpaired) electrons. The Bertz CT molecular complexity index is 328. The lowest BCUT2D eigenvalue weighted by Crippen LogP contribution is -2.41. The van der Waals surface area contributed by atoms with Gasteiger partial charge in [-0.25, -0.2) is 4.79 Å². The summed E-state index contributed by atoms with van der Waals surface area (Å²) in [5.41, 5.74) is -0.497. The summed E-state index contributed by atoms with van der Waals surface area (Å²) < 4.78 is 5.21. The van der Waals surface area contributed by atoms with E-state index in [0.29, 0.717) is 6.54 Å². The van der Waals surface area contributed by atoms with Crippen LogP contribution in [0.1, 0.15) is 34.1 Å². The molecule has 1 aliphatic heterocycles. The van der Waals surface area contributed by atoms with Gasteiger partial charge in [-0.15, -0.1) is 9.24 Å². The molecule has 104 valence electrons. The van der Waals surface area contributed by atoms with Gasteiger partial charge in [0.25, 0.3) is 0 Å². The average molecular weight is 274 g/mol. The van der Waals surface area contributed by atoms with Crippen LogP contribution >= 0.6 is 9.24 Å². The number of nitrogens with one attached hydrogen (secondary N) is 1. The molecule has 0 spiro atoms. The molecule has 18 heavy (non-hydrogen) atoms. The quantitative estimate of drug-likeness (QED) is 0.774. The molecule has 1 unspecified atom stereocenters. The van der Waals surface area contributed by atoms with Gasteiger partial charge in [0.15, 0.2) is 0 Å². The van der Waals surface area contributed by atoms with Crippen LogP contribution in [-0.2, 0) is 9.53 Å². The first-order valence-electron chi connectivity index (χ1n) is 6.19. The summed E-state index contributed by atoms with van der Waals surface area (Å²) in [6.07, 6.45) is 1.19. The molecular formula is C12H23N2O3P. The third-order valence-electron chi connectivity index (χ3n) is 2.81. The number of amides is 2. The van der Waals surface area contributed by atoms with Crippen molar-refractivity contribution >= 4 is 21.2 Å². The van der Waals surface area contributed by atoms with Crippen LogP contribution in [0.2, 0.25) is 0 Å². The number of likely N-dealkylation sites (tertiary alicyclic amines) is 1. The summed E-state index contributed by atoms with van der Waals surface area (Å²) >= 11 is 0. The predicted molar refractivity (Wildman–Crippen MR) is 73.5 cm³/mol. The van der Waals surface area contributed by atoms with Crippen LogP contribution in [0.25, 0.3) is 0 Å². The van der Waals surface area contributed by atoms with E-state index in [1.807, 2.05) is 20.8 Å². The highest BCUT2D eigenvalue weighted by atomic mass is 31.0. The second-order valence-electron chi connectivity index (χ2n) is 5.64. The maximum atomic E-state index is 11.6. The van der Waals surface area contributed by atoms with E-state index in [0.717, 1.165) is 12.6 Å². The van der Waals surface area contributed by atoms with Crippen LogP contribution in [0.4, 0.5) is 4.79 Å². The molecule has 1 heterocycles. The zero-order chi connectivity index (χ0) is 13.9. The SMILES string of the molecule is CC(=O)N1C[C@@H](NC(=O)OC(C)(C)C)C[C@H]1CP. The number of carbonyl (C=O) groups excluding carboxylic acids is 2. The fourth-order valence-electron chi connectivity index (χ4n) is 2.10. The summed E-state index contributed by atoms with van der Waals surface area (Å²) in [5, 5.41) is 2.82. The predicted octanol–water partition coefficient (Wildman–Crippen LogP) is 1.38. The summed E-state index contributed by atoms with van der Waals surface area (Å²) in [5.74, 6) is 0.0518. The minimum Gasteiger partial charge on any atom is -0.444 e. The van der Waals surface area contributed by atoms with Gasteiger partial charge >= 0.3 is 6.09 Å². The van der Waals surface area contributed by atoms with E-state index < -0.39 is 11.7 Å². The van der Waals surface area contributed by atoms with Crippen molar-refractivity contribution in [3.05, 3.63) is 0 Å². The standard InChI is InChI=1S/C12H23N2O3P/c1-8(15)14-6-9(5-10(14)7-18)13-11(16)17-12(2,3)4/h9-10H,5-7,18H2,1-4H3,(H,13,16)/t9-,10-/m0/s1. The number of ether oxygens (including phenoxy) is 1. The average Bonchev–Trinajstić information content (AvgIpc) is 2.57. The second kappa shape index (κ2) is 5.87. The largest absolute Gasteiger partial charge is 0.444 e. The van der Waals surface area contributed by atoms with Crippen molar-refractivity contribution in [3.63, 3.8) is 0 Å². The van der Waals surface area contributed by atoms with Crippen LogP contribution in [0, 0.1) is 0 Å². The van der Waals surface area contributed by atoms with E-state index >= 15 is 0 Å². The number of carbonyl (C=O) groups is 2. The monoisotopic (exact) mass is 274 g/mol. The van der Waals surface area contributed by atoms with Gasteiger partial charge in [-0.2, -0.15) is 0 Å². The zero-order valence-corrected chi connectivity index (χ0v) is 12.7. The van der Waals surface area contributed by atoms with Crippen LogP contribution in [-0.4, -0.2) is 47.3 Å². The van der Waals surface area contributed by atoms with Gasteiger partial charge in [0.1, 0.15) is 5.60 Å². The summed E-state index contributed by atoms with van der Waals surface area (Å²) in [7, 11) is 2.65. The maximum absolute atomic E-state index is 11.6. The number of hydrogen-bond donors (Lipinski definition) is 1. The van der Waals surface area contributed by atoms with Crippen molar-refractivity contribution in [2.45, 2.75) is 51.8 Å². The van der Waals surface area contributed by atoms with E-state index in [1.165, 1.54) is 0 Å². The fourth-order valence-corrected chi connectivity index (χ4v) is 2.55. The lowest BCUT2D eigenvalue weighted by molar-refractivity contribution is -0.129. The van der Waals surface area contributed by atoms with Gasteiger partial charge in [-0.3, -0.25) is 4.79 Å². The Morgan fingerprint density at radius 1 is 1.44 bits per heavy atom. The van der Waals surface area contributed by atoms with Crippen molar-refractivity contribution in [2.75, 3.05) is 12.7 Å². The summed E-state index contributed by atoms with van der Waals surface area (Å²) in [4.78, 5) is 24.9. The van der Waals surface area contributed by atoms with E-state index in [4.69, 9.17) is 4.74 Å². The molecule has 1 rings (SSSR count). The van der Waals surface area contributed by atoms with Gasteiger partial charge in [0, 0.05) is 19.5 Å². The Balaban J connectivity index is 2.50. The molecule has 1 aliphatic rings. The molecule has 0 aromatic rings. The van der Waals surface area contributed by atoms with E-state index in [1.54, 1.807) is 11.8 Å². The van der Waals surface area contributed by atoms with Crippen molar-refractivity contribution in [1.82, 2.24) is 10.2 Å². The van der Waals surface area contributed by atoms with Crippen molar-refractivity contribution in [3.8, 4) is 0 Å². The highest BCUT2D eigenvalue weighted by molar-refractivity contribution is 7.16. The third-order valence-corrected chi connectivity index (χ3v) is 3.36. The van der Waals surface area contributed by atoms with Gasteiger partial charge in [0.05, 0.1) is 6.04 Å². The maximum Gasteiger partial charge on any atom is 0.407 e. The van der Waals surface area contributed by atoms with Gasteiger partial charge in [-0.05, 0) is 33.4 Å². The smallest absolute Gasteiger partial charge is 0.407 e. The zero-order valence-electron chi connectivity index (χ0n) is 11.5. The van der Waals surface area contributed by atoms with Crippen molar-refractivity contribution in [2.24, 2.45) is 0 Å². The molecule has 1 N–H and O–H groups in total. The normalized spacial score (nSPS) is 23.9. The number of rotatable bonds is 2. The van der Waals surface area contributed by atoms with Gasteiger partial charge in [-0.1, -0.05) is 0 Å². The molecule has 5 nitrogen and oxygen atoms in total. The van der Waals surface area contributed by atoms with Crippen LogP contribution in [0.5, 0.6) is 0 Å². The Kier molecular flexibility index (Phi) is 4.97. The van der Waals surface area contributed by atoms with Crippen molar-refractivity contribution in [1.29, 1.82) is 0 Å². The van der Waals surface area contributed by atoms with Crippen LogP contribution in [0.3, 0.4) is 0 Å². The second-order valence-corrected chi connectivity index (χ2v) is 6.11. The lowest BCUT2D eigenvalue weighted by atomic mass is 10.2. The lowest BCUT2D eigenvalue weighted by Gasteiger charge is -2.22. The highest BCUT2D eigenvalue weighted by Crippen LogP contribution is 2.20. The Morgan fingerprint density at radius 3 is 2.44 bits per heavy atom. The Morgan fingerprint density at radius 2 is 2.06 bits per heavy atom. The molecule has 3 atom stereocenters. The van der Waals surface area contributed by atoms with Crippen molar-refractivity contribution < 1.29 is 14.3 Å². The molecular weight excluding hydrogens is 251 g/mol. The molecule has 1 fully saturated rings. The molecule has 0 aromatic carbocycles. The fraction of sp³-hybridized carbons (Fsp3) is 0.833. The number of hydrogen-bond acceptors (Lipinski definition) is 3. The molecule has 2 amide bonds. The number of nitrogens with zero attached hydrogens (tertiary/aromatic N) is 1. The summed E-state index contributed by atoms with van der Waals surface area (Å²) in [6, 6.07) is 0.168. The van der Waals surface area contributed by atoms with E-state index in [-0.39, 0.29) is 18.0 Å². The van der Waals surface area contributed by atoms with E-state index in [9.17, 15) is 9.59 Å². The van der Waals surface area contributed by atoms with Crippen LogP contribution in [0.15, 0.2) is 0 Å². The topological polar surface area (TPSA) is 58.6 Å². The summed E-state index contributed by atoms with van der Waals surface area (Å²) in [6.45, 7) is 7.61. The van der Waals surface area contributed by atoms with Gasteiger partial charge in [0.2, 0.25) is 5.91 Å². The molecule has 0 saturated carbocycles. The molecule has 6 heteroatoms. The molecule has 1 saturated heterocycles. The first-order valence-corrected chi connectivity index (χ1v) is 7.01. The first-order chi connectivity index (χ1) is 8.23. The molecule has 0 aliphatic carbocycles. The Hall–Kier alpha value is -0.830. The first kappa shape index (κ1) is 15.2. The van der Waals surface area contributed by atoms with E-state index in [2.05, 4.69) is 14.6 Å². The third kappa shape index (κ3) is 4.45.